The summed E-state index contributed by atoms with van der Waals surface area (Å²) in [6.07, 6.45) is 3.53. The first-order valence-corrected chi connectivity index (χ1v) is 10.3. The zero-order valence-electron chi connectivity index (χ0n) is 16.8. The largest absolute Gasteiger partial charge is 0.493 e. The standard InChI is InChI=1S/C21H30N4O3/c1-15(22-16(2)26)7-8-24-9-11-25(12-10-24)21-23-19-6-5-18(13-20(19)28-21)27-14-17-3-4-17/h5-6,13,15,17H,3-4,7-12,14H2,1-2H3,(H,22,26)/t15-/m0/s1. The monoisotopic (exact) mass is 386 g/mol. The van der Waals surface area contributed by atoms with Gasteiger partial charge in [0.1, 0.15) is 11.3 Å². The van der Waals surface area contributed by atoms with E-state index in [0.717, 1.165) is 68.5 Å². The van der Waals surface area contributed by atoms with E-state index in [1.165, 1.54) is 12.8 Å². The second-order valence-corrected chi connectivity index (χ2v) is 8.10. The molecule has 1 aromatic carbocycles. The van der Waals surface area contributed by atoms with E-state index in [-0.39, 0.29) is 11.9 Å². The van der Waals surface area contributed by atoms with Gasteiger partial charge >= 0.3 is 0 Å². The molecule has 1 aliphatic carbocycles. The normalized spacial score (nSPS) is 19.0. The lowest BCUT2D eigenvalue weighted by molar-refractivity contribution is -0.119. The van der Waals surface area contributed by atoms with Gasteiger partial charge in [-0.15, -0.1) is 0 Å². The molecule has 2 aromatic rings. The van der Waals surface area contributed by atoms with Crippen molar-refractivity contribution in [3.63, 3.8) is 0 Å². The summed E-state index contributed by atoms with van der Waals surface area (Å²) in [6, 6.07) is 6.81. The molecule has 28 heavy (non-hydrogen) atoms. The Bertz CT molecular complexity index is 809. The van der Waals surface area contributed by atoms with Crippen molar-refractivity contribution in [2.75, 3.05) is 44.2 Å². The Morgan fingerprint density at radius 3 is 2.82 bits per heavy atom. The summed E-state index contributed by atoms with van der Waals surface area (Å²) in [5.41, 5.74) is 1.66. The first kappa shape index (κ1) is 19.1. The molecule has 0 unspecified atom stereocenters. The number of anilines is 1. The van der Waals surface area contributed by atoms with Gasteiger partial charge in [0.15, 0.2) is 5.58 Å². The maximum atomic E-state index is 11.1. The molecule has 7 heteroatoms. The van der Waals surface area contributed by atoms with Crippen LogP contribution >= 0.6 is 0 Å². The Morgan fingerprint density at radius 2 is 2.11 bits per heavy atom. The average Bonchev–Trinajstić information content (AvgIpc) is 3.41. The molecule has 2 aliphatic rings. The fourth-order valence-electron chi connectivity index (χ4n) is 3.57. The van der Waals surface area contributed by atoms with Gasteiger partial charge in [-0.05, 0) is 44.2 Å². The predicted octanol–water partition coefficient (Wildman–Crippen LogP) is 2.65. The number of hydrogen-bond donors (Lipinski definition) is 1. The van der Waals surface area contributed by atoms with E-state index in [2.05, 4.69) is 27.0 Å². The van der Waals surface area contributed by atoms with E-state index in [0.29, 0.717) is 6.01 Å². The van der Waals surface area contributed by atoms with Gasteiger partial charge in [0.2, 0.25) is 5.91 Å². The lowest BCUT2D eigenvalue weighted by Gasteiger charge is -2.34. The van der Waals surface area contributed by atoms with Crippen molar-refractivity contribution in [1.82, 2.24) is 15.2 Å². The minimum Gasteiger partial charge on any atom is -0.493 e. The van der Waals surface area contributed by atoms with Gasteiger partial charge in [-0.25, -0.2) is 0 Å². The van der Waals surface area contributed by atoms with Gasteiger partial charge in [-0.3, -0.25) is 9.69 Å². The fourth-order valence-corrected chi connectivity index (χ4v) is 3.57. The summed E-state index contributed by atoms with van der Waals surface area (Å²) >= 11 is 0. The first-order chi connectivity index (χ1) is 13.6. The Labute approximate surface area is 166 Å². The minimum atomic E-state index is 0.0365. The minimum absolute atomic E-state index is 0.0365. The number of fused-ring (bicyclic) bond motifs is 1. The van der Waals surface area contributed by atoms with Crippen LogP contribution in [0.3, 0.4) is 0 Å². The molecule has 1 atom stereocenters. The third-order valence-electron chi connectivity index (χ3n) is 5.50. The number of nitrogens with one attached hydrogen (secondary N) is 1. The number of ether oxygens (including phenoxy) is 1. The summed E-state index contributed by atoms with van der Waals surface area (Å²) in [5.74, 6) is 1.63. The summed E-state index contributed by atoms with van der Waals surface area (Å²) in [4.78, 5) is 20.4. The molecule has 7 nitrogen and oxygen atoms in total. The molecule has 1 aliphatic heterocycles. The van der Waals surface area contributed by atoms with Gasteiger partial charge in [-0.2, -0.15) is 4.98 Å². The number of aromatic nitrogens is 1. The van der Waals surface area contributed by atoms with Crippen LogP contribution in [0.1, 0.15) is 33.1 Å². The molecular weight excluding hydrogens is 356 g/mol. The fraction of sp³-hybridized carbons (Fsp3) is 0.619. The second-order valence-electron chi connectivity index (χ2n) is 8.10. The van der Waals surface area contributed by atoms with Crippen molar-refractivity contribution < 1.29 is 13.9 Å². The number of carbonyl (C=O) groups is 1. The molecule has 2 heterocycles. The number of rotatable bonds is 8. The molecule has 1 saturated carbocycles. The topological polar surface area (TPSA) is 70.8 Å². The van der Waals surface area contributed by atoms with Crippen molar-refractivity contribution in [3.8, 4) is 5.75 Å². The van der Waals surface area contributed by atoms with Crippen LogP contribution in [0.5, 0.6) is 5.75 Å². The molecule has 0 bridgehead atoms. The summed E-state index contributed by atoms with van der Waals surface area (Å²) in [7, 11) is 0. The zero-order chi connectivity index (χ0) is 19.5. The molecule has 4 rings (SSSR count). The number of carbonyl (C=O) groups excluding carboxylic acids is 1. The van der Waals surface area contributed by atoms with Crippen LogP contribution in [0.2, 0.25) is 0 Å². The van der Waals surface area contributed by atoms with Gasteiger partial charge in [0, 0.05) is 51.8 Å². The van der Waals surface area contributed by atoms with Gasteiger partial charge in [0.25, 0.3) is 6.01 Å². The van der Waals surface area contributed by atoms with E-state index in [1.54, 1.807) is 6.92 Å². The van der Waals surface area contributed by atoms with Crippen LogP contribution in [0.25, 0.3) is 11.1 Å². The maximum absolute atomic E-state index is 11.1. The Balaban J connectivity index is 1.29. The Hall–Kier alpha value is -2.28. The molecule has 152 valence electrons. The number of hydrogen-bond acceptors (Lipinski definition) is 6. The summed E-state index contributed by atoms with van der Waals surface area (Å²) < 4.78 is 11.9. The number of oxazole rings is 1. The maximum Gasteiger partial charge on any atom is 0.298 e. The van der Waals surface area contributed by atoms with Crippen LogP contribution in [-0.2, 0) is 4.79 Å². The highest BCUT2D eigenvalue weighted by molar-refractivity contribution is 5.76. The smallest absolute Gasteiger partial charge is 0.298 e. The molecule has 1 saturated heterocycles. The van der Waals surface area contributed by atoms with Crippen molar-refractivity contribution in [2.24, 2.45) is 5.92 Å². The Kier molecular flexibility index (Phi) is 5.71. The summed E-state index contributed by atoms with van der Waals surface area (Å²) in [5, 5.41) is 2.94. The van der Waals surface area contributed by atoms with Gasteiger partial charge < -0.3 is 19.4 Å². The SMILES string of the molecule is CC(=O)N[C@@H](C)CCN1CCN(c2nc3ccc(OCC4CC4)cc3o2)CC1. The van der Waals surface area contributed by atoms with Gasteiger partial charge in [0.05, 0.1) is 6.61 Å². The van der Waals surface area contributed by atoms with E-state index in [4.69, 9.17) is 9.15 Å². The quantitative estimate of drug-likeness (QED) is 0.752. The van der Waals surface area contributed by atoms with Crippen LogP contribution in [-0.4, -0.2) is 61.2 Å². The number of amides is 1. The highest BCUT2D eigenvalue weighted by atomic mass is 16.5. The third-order valence-corrected chi connectivity index (χ3v) is 5.50. The Morgan fingerprint density at radius 1 is 1.32 bits per heavy atom. The van der Waals surface area contributed by atoms with Crippen LogP contribution < -0.4 is 15.0 Å². The van der Waals surface area contributed by atoms with Crippen LogP contribution in [0, 0.1) is 5.92 Å². The van der Waals surface area contributed by atoms with E-state index >= 15 is 0 Å². The molecule has 1 aromatic heterocycles. The number of nitrogens with zero attached hydrogens (tertiary/aromatic N) is 3. The van der Waals surface area contributed by atoms with E-state index < -0.39 is 0 Å². The highest BCUT2D eigenvalue weighted by Gasteiger charge is 2.23. The lowest BCUT2D eigenvalue weighted by atomic mass is 10.2. The molecule has 1 N–H and O–H groups in total. The van der Waals surface area contributed by atoms with Crippen molar-refractivity contribution in [2.45, 2.75) is 39.2 Å². The van der Waals surface area contributed by atoms with Crippen molar-refractivity contribution >= 4 is 23.0 Å². The molecule has 0 radical (unpaired) electrons. The number of benzene rings is 1. The lowest BCUT2D eigenvalue weighted by Crippen LogP contribution is -2.47. The van der Waals surface area contributed by atoms with E-state index in [1.807, 2.05) is 18.2 Å². The molecule has 1 amide bonds. The highest BCUT2D eigenvalue weighted by Crippen LogP contribution is 2.31. The second kappa shape index (κ2) is 8.39. The molecule has 2 fully saturated rings. The van der Waals surface area contributed by atoms with Crippen LogP contribution in [0.15, 0.2) is 22.6 Å². The average molecular weight is 386 g/mol. The third kappa shape index (κ3) is 4.95. The predicted molar refractivity (Wildman–Crippen MR) is 109 cm³/mol. The van der Waals surface area contributed by atoms with Gasteiger partial charge in [-0.1, -0.05) is 0 Å². The van der Waals surface area contributed by atoms with E-state index in [9.17, 15) is 4.79 Å². The summed E-state index contributed by atoms with van der Waals surface area (Å²) in [6.45, 7) is 9.15. The van der Waals surface area contributed by atoms with Crippen LogP contribution in [0.4, 0.5) is 6.01 Å². The molecular formula is C21H30N4O3. The molecule has 0 spiro atoms. The number of piperazine rings is 1. The first-order valence-electron chi connectivity index (χ1n) is 10.3. The van der Waals surface area contributed by atoms with Crippen molar-refractivity contribution in [3.05, 3.63) is 18.2 Å². The zero-order valence-corrected chi connectivity index (χ0v) is 16.8. The van der Waals surface area contributed by atoms with Crippen molar-refractivity contribution in [1.29, 1.82) is 0 Å².